The highest BCUT2D eigenvalue weighted by atomic mass is 15.3. The Labute approximate surface area is 101 Å². The fourth-order valence-electron chi connectivity index (χ4n) is 1.95. The van der Waals surface area contributed by atoms with E-state index in [1.54, 1.807) is 6.20 Å². The maximum atomic E-state index is 8.99. The summed E-state index contributed by atoms with van der Waals surface area (Å²) in [5.41, 5.74) is 3.89. The van der Waals surface area contributed by atoms with Crippen LogP contribution in [0.1, 0.15) is 31.0 Å². The predicted molar refractivity (Wildman–Crippen MR) is 67.5 cm³/mol. The van der Waals surface area contributed by atoms with Crippen LogP contribution in [0.3, 0.4) is 0 Å². The smallest absolute Gasteiger partial charge is 0.0991 e. The first-order chi connectivity index (χ1) is 8.11. The lowest BCUT2D eigenvalue weighted by Crippen LogP contribution is -2.04. The lowest BCUT2D eigenvalue weighted by molar-refractivity contribution is 0.538. The number of nitriles is 1. The zero-order valence-corrected chi connectivity index (χ0v) is 10.3. The summed E-state index contributed by atoms with van der Waals surface area (Å²) < 4.78 is 1.97. The van der Waals surface area contributed by atoms with Gasteiger partial charge in [-0.15, -0.1) is 0 Å². The minimum absolute atomic E-state index is 0.311. The van der Waals surface area contributed by atoms with Gasteiger partial charge in [-0.05, 0) is 50.6 Å². The molecular weight excluding hydrogens is 210 g/mol. The van der Waals surface area contributed by atoms with E-state index in [0.29, 0.717) is 11.6 Å². The van der Waals surface area contributed by atoms with Crippen molar-refractivity contribution in [3.8, 4) is 17.3 Å². The number of hydrogen-bond donors (Lipinski definition) is 0. The second kappa shape index (κ2) is 4.42. The number of hydrogen-bond acceptors (Lipinski definition) is 2. The molecule has 0 atom stereocenters. The van der Waals surface area contributed by atoms with Gasteiger partial charge in [0.05, 0.1) is 17.3 Å². The third-order valence-electron chi connectivity index (χ3n) is 2.66. The van der Waals surface area contributed by atoms with Crippen LogP contribution in [0.5, 0.6) is 0 Å². The van der Waals surface area contributed by atoms with Gasteiger partial charge in [0.15, 0.2) is 0 Å². The van der Waals surface area contributed by atoms with Crippen LogP contribution in [-0.2, 0) is 0 Å². The van der Waals surface area contributed by atoms with Crippen molar-refractivity contribution in [3.05, 3.63) is 41.6 Å². The normalized spacial score (nSPS) is 10.5. The average molecular weight is 225 g/mol. The van der Waals surface area contributed by atoms with Crippen molar-refractivity contribution in [2.75, 3.05) is 0 Å². The molecule has 1 aromatic heterocycles. The highest BCUT2D eigenvalue weighted by Crippen LogP contribution is 2.24. The molecule has 0 saturated carbocycles. The van der Waals surface area contributed by atoms with Crippen molar-refractivity contribution in [3.63, 3.8) is 0 Å². The van der Waals surface area contributed by atoms with Gasteiger partial charge in [-0.25, -0.2) is 0 Å². The lowest BCUT2D eigenvalue weighted by atomic mass is 10.0. The van der Waals surface area contributed by atoms with Gasteiger partial charge in [0, 0.05) is 17.8 Å². The van der Waals surface area contributed by atoms with E-state index in [1.165, 1.54) is 0 Å². The van der Waals surface area contributed by atoms with Crippen molar-refractivity contribution in [2.45, 2.75) is 26.8 Å². The van der Waals surface area contributed by atoms with Crippen LogP contribution in [0.2, 0.25) is 0 Å². The average Bonchev–Trinajstić information content (AvgIpc) is 2.77. The molecule has 0 amide bonds. The Balaban J connectivity index is 2.57. The molecule has 17 heavy (non-hydrogen) atoms. The second-order valence-corrected chi connectivity index (χ2v) is 4.45. The molecule has 0 bridgehead atoms. The number of nitrogens with zero attached hydrogens (tertiary/aromatic N) is 3. The molecule has 3 heteroatoms. The molecule has 0 aliphatic carbocycles. The molecule has 1 aromatic carbocycles. The lowest BCUT2D eigenvalue weighted by Gasteiger charge is -2.11. The summed E-state index contributed by atoms with van der Waals surface area (Å²) >= 11 is 0. The molecule has 86 valence electrons. The molecule has 2 rings (SSSR count). The third kappa shape index (κ3) is 2.21. The van der Waals surface area contributed by atoms with Crippen LogP contribution < -0.4 is 0 Å². The Hall–Kier alpha value is -2.08. The van der Waals surface area contributed by atoms with E-state index in [-0.39, 0.29) is 0 Å². The van der Waals surface area contributed by atoms with Gasteiger partial charge in [0.1, 0.15) is 0 Å². The minimum Gasteiger partial charge on any atom is -0.262 e. The summed E-state index contributed by atoms with van der Waals surface area (Å²) in [6.45, 7) is 6.19. The summed E-state index contributed by atoms with van der Waals surface area (Å²) in [4.78, 5) is 0. The van der Waals surface area contributed by atoms with Gasteiger partial charge >= 0.3 is 0 Å². The molecule has 2 aromatic rings. The van der Waals surface area contributed by atoms with Crippen LogP contribution >= 0.6 is 0 Å². The van der Waals surface area contributed by atoms with Gasteiger partial charge < -0.3 is 0 Å². The predicted octanol–water partition coefficient (Wildman–Crippen LogP) is 3.31. The van der Waals surface area contributed by atoms with E-state index < -0.39 is 0 Å². The maximum Gasteiger partial charge on any atom is 0.0991 e. The van der Waals surface area contributed by atoms with Crippen LogP contribution in [-0.4, -0.2) is 9.78 Å². The quantitative estimate of drug-likeness (QED) is 0.786. The number of aryl methyl sites for hydroxylation is 1. The number of aromatic nitrogens is 2. The van der Waals surface area contributed by atoms with Gasteiger partial charge in [-0.2, -0.15) is 10.4 Å². The number of rotatable bonds is 2. The second-order valence-electron chi connectivity index (χ2n) is 4.45. The van der Waals surface area contributed by atoms with Gasteiger partial charge in [-0.1, -0.05) is 0 Å². The van der Waals surface area contributed by atoms with E-state index in [0.717, 1.165) is 16.8 Å². The maximum absolute atomic E-state index is 8.99. The first-order valence-corrected chi connectivity index (χ1v) is 5.67. The number of benzene rings is 1. The van der Waals surface area contributed by atoms with E-state index in [1.807, 2.05) is 29.8 Å². The Morgan fingerprint density at radius 2 is 2.06 bits per heavy atom. The van der Waals surface area contributed by atoms with Crippen LogP contribution in [0.25, 0.3) is 11.3 Å². The zero-order valence-electron chi connectivity index (χ0n) is 10.3. The van der Waals surface area contributed by atoms with Crippen LogP contribution in [0, 0.1) is 18.3 Å². The van der Waals surface area contributed by atoms with Gasteiger partial charge in [0.25, 0.3) is 0 Å². The van der Waals surface area contributed by atoms with Crippen molar-refractivity contribution in [2.24, 2.45) is 0 Å². The Morgan fingerprint density at radius 1 is 1.29 bits per heavy atom. The molecule has 0 radical (unpaired) electrons. The molecular formula is C14H15N3. The summed E-state index contributed by atoms with van der Waals surface area (Å²) in [6, 6.07) is 10.4. The Kier molecular flexibility index (Phi) is 2.97. The van der Waals surface area contributed by atoms with Crippen molar-refractivity contribution in [1.82, 2.24) is 9.78 Å². The topological polar surface area (TPSA) is 41.6 Å². The zero-order chi connectivity index (χ0) is 12.4. The molecule has 0 fully saturated rings. The van der Waals surface area contributed by atoms with Crippen molar-refractivity contribution in [1.29, 1.82) is 5.26 Å². The molecule has 0 aliphatic rings. The summed E-state index contributed by atoms with van der Waals surface area (Å²) in [7, 11) is 0. The largest absolute Gasteiger partial charge is 0.262 e. The first kappa shape index (κ1) is 11.4. The fourth-order valence-corrected chi connectivity index (χ4v) is 1.95. The molecule has 0 spiro atoms. The molecule has 0 unspecified atom stereocenters. The molecule has 0 N–H and O–H groups in total. The summed E-state index contributed by atoms with van der Waals surface area (Å²) in [5, 5.41) is 13.3. The van der Waals surface area contributed by atoms with Gasteiger partial charge in [0.2, 0.25) is 0 Å². The molecule has 0 aliphatic heterocycles. The molecule has 0 saturated heterocycles. The van der Waals surface area contributed by atoms with Gasteiger partial charge in [-0.3, -0.25) is 4.68 Å². The van der Waals surface area contributed by atoms with Crippen LogP contribution in [0.4, 0.5) is 0 Å². The summed E-state index contributed by atoms with van der Waals surface area (Å²) in [5.74, 6) is 0. The van der Waals surface area contributed by atoms with E-state index in [9.17, 15) is 0 Å². The van der Waals surface area contributed by atoms with Crippen molar-refractivity contribution < 1.29 is 0 Å². The third-order valence-corrected chi connectivity index (χ3v) is 2.66. The monoisotopic (exact) mass is 225 g/mol. The Morgan fingerprint density at radius 3 is 2.71 bits per heavy atom. The fraction of sp³-hybridized carbons (Fsp3) is 0.286. The highest BCUT2D eigenvalue weighted by molar-refractivity contribution is 5.63. The van der Waals surface area contributed by atoms with E-state index in [2.05, 4.69) is 31.1 Å². The SMILES string of the molecule is Cc1cc(C#N)cc(-c2ccnn2C(C)C)c1. The van der Waals surface area contributed by atoms with Crippen LogP contribution in [0.15, 0.2) is 30.5 Å². The van der Waals surface area contributed by atoms with E-state index >= 15 is 0 Å². The standard InChI is InChI=1S/C14H15N3/c1-10(2)17-14(4-5-16-17)13-7-11(3)6-12(8-13)9-15/h4-8,10H,1-3H3. The Bertz CT molecular complexity index is 573. The van der Waals surface area contributed by atoms with Crippen molar-refractivity contribution >= 4 is 0 Å². The van der Waals surface area contributed by atoms with E-state index in [4.69, 9.17) is 5.26 Å². The molecule has 1 heterocycles. The summed E-state index contributed by atoms with van der Waals surface area (Å²) in [6.07, 6.45) is 1.80. The highest BCUT2D eigenvalue weighted by Gasteiger charge is 2.09. The minimum atomic E-state index is 0.311. The molecule has 3 nitrogen and oxygen atoms in total. The first-order valence-electron chi connectivity index (χ1n) is 5.67.